The Labute approximate surface area is 156 Å². The molecular weight excluding hydrogens is 354 g/mol. The van der Waals surface area contributed by atoms with Crippen molar-refractivity contribution in [2.24, 2.45) is 5.92 Å². The van der Waals surface area contributed by atoms with Crippen LogP contribution in [0.1, 0.15) is 40.7 Å². The molecule has 1 amide bonds. The fourth-order valence-electron chi connectivity index (χ4n) is 3.38. The summed E-state index contributed by atoms with van der Waals surface area (Å²) >= 11 is 1.63. The number of amides is 1. The van der Waals surface area contributed by atoms with E-state index in [2.05, 4.69) is 25.8 Å². The lowest BCUT2D eigenvalue weighted by Crippen LogP contribution is -2.45. The van der Waals surface area contributed by atoms with E-state index >= 15 is 0 Å². The summed E-state index contributed by atoms with van der Waals surface area (Å²) in [6.45, 7) is 6.22. The van der Waals surface area contributed by atoms with Gasteiger partial charge in [0.1, 0.15) is 0 Å². The molecule has 2 aromatic rings. The van der Waals surface area contributed by atoms with Gasteiger partial charge >= 0.3 is 6.01 Å². The van der Waals surface area contributed by atoms with Crippen molar-refractivity contribution >= 4 is 23.3 Å². The molecule has 9 heteroatoms. The normalized spacial score (nSPS) is 23.0. The molecule has 2 heterocycles. The van der Waals surface area contributed by atoms with E-state index in [0.717, 1.165) is 28.4 Å². The molecule has 0 spiro atoms. The fourth-order valence-corrected chi connectivity index (χ4v) is 4.25. The molecule has 0 aliphatic heterocycles. The lowest BCUT2D eigenvalue weighted by Gasteiger charge is -2.34. The summed E-state index contributed by atoms with van der Waals surface area (Å²) in [7, 11) is 1.69. The van der Waals surface area contributed by atoms with E-state index in [9.17, 15) is 4.79 Å². The quantitative estimate of drug-likeness (QED) is 0.794. The van der Waals surface area contributed by atoms with Gasteiger partial charge in [-0.05, 0) is 33.1 Å². The van der Waals surface area contributed by atoms with Crippen LogP contribution in [0.5, 0.6) is 0 Å². The molecule has 142 valence electrons. The first-order valence-corrected chi connectivity index (χ1v) is 9.58. The van der Waals surface area contributed by atoms with Crippen LogP contribution in [-0.2, 0) is 16.1 Å². The largest absolute Gasteiger partial charge is 0.408 e. The lowest BCUT2D eigenvalue weighted by molar-refractivity contribution is -0.127. The van der Waals surface area contributed by atoms with Crippen LogP contribution in [0.15, 0.2) is 4.42 Å². The predicted octanol–water partition coefficient (Wildman–Crippen LogP) is 2.36. The van der Waals surface area contributed by atoms with Crippen LogP contribution >= 0.6 is 11.3 Å². The topological polar surface area (TPSA) is 102 Å². The predicted molar refractivity (Wildman–Crippen MR) is 98.0 cm³/mol. The van der Waals surface area contributed by atoms with Gasteiger partial charge in [-0.25, -0.2) is 4.98 Å². The molecule has 1 fully saturated rings. The number of methoxy groups -OCH3 is 1. The van der Waals surface area contributed by atoms with Gasteiger partial charge in [0.05, 0.1) is 29.4 Å². The molecule has 1 saturated carbocycles. The van der Waals surface area contributed by atoms with Crippen LogP contribution in [0.25, 0.3) is 0 Å². The first-order valence-electron chi connectivity index (χ1n) is 8.76. The summed E-state index contributed by atoms with van der Waals surface area (Å²) in [5.41, 5.74) is 0.988. The summed E-state index contributed by atoms with van der Waals surface area (Å²) in [5.74, 6) is 0.498. The monoisotopic (exact) mass is 379 g/mol. The molecule has 1 aliphatic carbocycles. The molecule has 1 aliphatic rings. The van der Waals surface area contributed by atoms with Gasteiger partial charge in [0, 0.05) is 24.8 Å². The number of hydrogen-bond acceptors (Lipinski definition) is 8. The Bertz CT molecular complexity index is 759. The standard InChI is InChI=1S/C17H25N5O3S/c1-9-15(26-11(3)19-9)8-18-16(23)12-5-6-14(24-4)13(7-12)20-17-22-21-10(2)25-17/h12-14H,5-8H2,1-4H3,(H,18,23)(H,20,22)/t12-,13+,14+/m0/s1. The minimum Gasteiger partial charge on any atom is -0.408 e. The smallest absolute Gasteiger partial charge is 0.315 e. The van der Waals surface area contributed by atoms with Crippen molar-refractivity contribution < 1.29 is 13.9 Å². The van der Waals surface area contributed by atoms with Gasteiger partial charge in [0.15, 0.2) is 0 Å². The first kappa shape index (κ1) is 18.8. The lowest BCUT2D eigenvalue weighted by atomic mass is 9.83. The second-order valence-electron chi connectivity index (χ2n) is 6.62. The summed E-state index contributed by atoms with van der Waals surface area (Å²) in [4.78, 5) is 18.1. The summed E-state index contributed by atoms with van der Waals surface area (Å²) < 4.78 is 11.0. The van der Waals surface area contributed by atoms with Crippen LogP contribution in [0.3, 0.4) is 0 Å². The zero-order valence-electron chi connectivity index (χ0n) is 15.5. The maximum absolute atomic E-state index is 12.6. The SMILES string of the molecule is CO[C@@H]1CC[C@H](C(=O)NCc2sc(C)nc2C)C[C@H]1Nc1nnc(C)o1. The van der Waals surface area contributed by atoms with Gasteiger partial charge < -0.3 is 19.8 Å². The van der Waals surface area contributed by atoms with Crippen molar-refractivity contribution in [3.63, 3.8) is 0 Å². The Balaban J connectivity index is 1.59. The molecular formula is C17H25N5O3S. The van der Waals surface area contributed by atoms with E-state index < -0.39 is 0 Å². The van der Waals surface area contributed by atoms with Gasteiger partial charge in [-0.1, -0.05) is 5.10 Å². The van der Waals surface area contributed by atoms with Crippen LogP contribution in [0.2, 0.25) is 0 Å². The molecule has 0 aromatic carbocycles. The van der Waals surface area contributed by atoms with Gasteiger partial charge in [-0.3, -0.25) is 4.79 Å². The fraction of sp³-hybridized carbons (Fsp3) is 0.647. The van der Waals surface area contributed by atoms with Gasteiger partial charge in [0.2, 0.25) is 11.8 Å². The molecule has 0 bridgehead atoms. The number of carbonyl (C=O) groups excluding carboxylic acids is 1. The molecule has 2 N–H and O–H groups in total. The van der Waals surface area contributed by atoms with Crippen LogP contribution in [-0.4, -0.2) is 40.3 Å². The van der Waals surface area contributed by atoms with Crippen LogP contribution in [0, 0.1) is 26.7 Å². The average molecular weight is 379 g/mol. The van der Waals surface area contributed by atoms with Crippen molar-refractivity contribution in [3.05, 3.63) is 21.5 Å². The Morgan fingerprint density at radius 2 is 2.12 bits per heavy atom. The van der Waals surface area contributed by atoms with E-state index in [1.54, 1.807) is 25.4 Å². The Morgan fingerprint density at radius 1 is 1.31 bits per heavy atom. The van der Waals surface area contributed by atoms with Crippen molar-refractivity contribution in [1.29, 1.82) is 0 Å². The molecule has 3 rings (SSSR count). The maximum atomic E-state index is 12.6. The highest BCUT2D eigenvalue weighted by Crippen LogP contribution is 2.29. The number of carbonyl (C=O) groups is 1. The second-order valence-corrected chi connectivity index (χ2v) is 7.91. The highest BCUT2D eigenvalue weighted by Gasteiger charge is 2.34. The van der Waals surface area contributed by atoms with Crippen molar-refractivity contribution in [1.82, 2.24) is 20.5 Å². The first-order chi connectivity index (χ1) is 12.5. The Kier molecular flexibility index (Phi) is 5.87. The number of thiazole rings is 1. The maximum Gasteiger partial charge on any atom is 0.315 e. The highest BCUT2D eigenvalue weighted by atomic mass is 32.1. The van der Waals surface area contributed by atoms with Gasteiger partial charge in [0.25, 0.3) is 0 Å². The number of anilines is 1. The average Bonchev–Trinajstić information content (AvgIpc) is 3.17. The van der Waals surface area contributed by atoms with E-state index in [4.69, 9.17) is 9.15 Å². The van der Waals surface area contributed by atoms with E-state index in [1.165, 1.54) is 0 Å². The molecule has 3 atom stereocenters. The highest BCUT2D eigenvalue weighted by molar-refractivity contribution is 7.11. The molecule has 0 radical (unpaired) electrons. The molecule has 0 saturated heterocycles. The zero-order chi connectivity index (χ0) is 18.7. The molecule has 26 heavy (non-hydrogen) atoms. The van der Waals surface area contributed by atoms with Gasteiger partial charge in [-0.15, -0.1) is 16.4 Å². The number of hydrogen-bond donors (Lipinski definition) is 2. The minimum atomic E-state index is -0.0720. The van der Waals surface area contributed by atoms with Crippen LogP contribution < -0.4 is 10.6 Å². The third-order valence-electron chi connectivity index (χ3n) is 4.72. The summed E-state index contributed by atoms with van der Waals surface area (Å²) in [6.07, 6.45) is 2.27. The van der Waals surface area contributed by atoms with E-state index in [-0.39, 0.29) is 24.0 Å². The number of aromatic nitrogens is 3. The van der Waals surface area contributed by atoms with Crippen molar-refractivity contribution in [3.8, 4) is 0 Å². The molecule has 2 aromatic heterocycles. The number of nitrogens with zero attached hydrogens (tertiary/aromatic N) is 3. The minimum absolute atomic E-state index is 0.0117. The number of aryl methyl sites for hydroxylation is 3. The van der Waals surface area contributed by atoms with E-state index in [0.29, 0.717) is 24.9 Å². The third-order valence-corrected chi connectivity index (χ3v) is 5.79. The molecule has 8 nitrogen and oxygen atoms in total. The Morgan fingerprint density at radius 3 is 2.73 bits per heavy atom. The second kappa shape index (κ2) is 8.13. The Hall–Kier alpha value is -2.00. The van der Waals surface area contributed by atoms with Crippen molar-refractivity contribution in [2.45, 2.75) is 58.7 Å². The van der Waals surface area contributed by atoms with Crippen LogP contribution in [0.4, 0.5) is 6.01 Å². The summed E-state index contributed by atoms with van der Waals surface area (Å²) in [5, 5.41) is 15.1. The molecule has 0 unspecified atom stereocenters. The number of rotatable bonds is 6. The number of ether oxygens (including phenoxy) is 1. The summed E-state index contributed by atoms with van der Waals surface area (Å²) in [6, 6.07) is 0.322. The van der Waals surface area contributed by atoms with Gasteiger partial charge in [-0.2, -0.15) is 0 Å². The zero-order valence-corrected chi connectivity index (χ0v) is 16.4. The van der Waals surface area contributed by atoms with E-state index in [1.807, 2.05) is 13.8 Å². The number of nitrogens with one attached hydrogen (secondary N) is 2. The van der Waals surface area contributed by atoms with Crippen molar-refractivity contribution in [2.75, 3.05) is 12.4 Å². The third kappa shape index (κ3) is 4.39.